The largest absolute Gasteiger partial charge is 0.494 e. The molecule has 1 unspecified atom stereocenters. The molecule has 8 nitrogen and oxygen atoms in total. The number of hydrogen-bond acceptors (Lipinski definition) is 5. The summed E-state index contributed by atoms with van der Waals surface area (Å²) >= 11 is 0. The van der Waals surface area contributed by atoms with E-state index in [1.807, 2.05) is 81.4 Å². The molecule has 0 aliphatic heterocycles. The number of nitrogens with one attached hydrogen (secondary N) is 1. The summed E-state index contributed by atoms with van der Waals surface area (Å²) in [4.78, 5) is 28.9. The van der Waals surface area contributed by atoms with Crippen LogP contribution in [-0.2, 0) is 32.6 Å². The molecular formula is C32H41N3O5S. The van der Waals surface area contributed by atoms with Crippen molar-refractivity contribution in [2.45, 2.75) is 58.7 Å². The Morgan fingerprint density at radius 3 is 2.00 bits per heavy atom. The van der Waals surface area contributed by atoms with E-state index in [0.717, 1.165) is 17.4 Å². The van der Waals surface area contributed by atoms with Crippen LogP contribution in [0.5, 0.6) is 5.75 Å². The molecule has 0 aliphatic rings. The normalized spacial score (nSPS) is 12.0. The Bertz CT molecular complexity index is 1350. The van der Waals surface area contributed by atoms with Gasteiger partial charge in [0.05, 0.1) is 18.6 Å². The van der Waals surface area contributed by atoms with Crippen molar-refractivity contribution in [1.82, 2.24) is 10.2 Å². The van der Waals surface area contributed by atoms with E-state index < -0.39 is 16.1 Å². The fourth-order valence-electron chi connectivity index (χ4n) is 4.59. The summed E-state index contributed by atoms with van der Waals surface area (Å²) in [7, 11) is -3.59. The monoisotopic (exact) mass is 579 g/mol. The van der Waals surface area contributed by atoms with E-state index in [9.17, 15) is 18.0 Å². The molecule has 0 aromatic heterocycles. The number of nitrogens with zero attached hydrogens (tertiary/aromatic N) is 2. The molecule has 0 spiro atoms. The van der Waals surface area contributed by atoms with E-state index in [2.05, 4.69) is 5.32 Å². The molecule has 0 fully saturated rings. The SMILES string of the molecule is CCOc1ccc(N(CCCC(=O)N(Cc2ccccc2)C(Cc2ccccc2)C(=O)NC(C)C)S(C)(=O)=O)cc1. The van der Waals surface area contributed by atoms with Crippen LogP contribution in [-0.4, -0.2) is 56.6 Å². The van der Waals surface area contributed by atoms with Gasteiger partial charge in [0.2, 0.25) is 21.8 Å². The third-order valence-corrected chi connectivity index (χ3v) is 7.68. The molecule has 220 valence electrons. The van der Waals surface area contributed by atoms with Crippen molar-refractivity contribution < 1.29 is 22.7 Å². The van der Waals surface area contributed by atoms with E-state index >= 15 is 0 Å². The molecule has 3 aromatic carbocycles. The molecule has 0 saturated heterocycles. The number of rotatable bonds is 15. The molecule has 2 amide bonds. The smallest absolute Gasteiger partial charge is 0.243 e. The molecule has 0 bridgehead atoms. The van der Waals surface area contributed by atoms with Crippen molar-refractivity contribution in [3.05, 3.63) is 96.1 Å². The quantitative estimate of drug-likeness (QED) is 0.279. The van der Waals surface area contributed by atoms with Crippen molar-refractivity contribution in [3.8, 4) is 5.75 Å². The van der Waals surface area contributed by atoms with E-state index in [1.54, 1.807) is 29.2 Å². The minimum Gasteiger partial charge on any atom is -0.494 e. The van der Waals surface area contributed by atoms with Crippen LogP contribution in [0.15, 0.2) is 84.9 Å². The van der Waals surface area contributed by atoms with Crippen LogP contribution >= 0.6 is 0 Å². The summed E-state index contributed by atoms with van der Waals surface area (Å²) in [6, 6.07) is 25.2. The maximum Gasteiger partial charge on any atom is 0.243 e. The van der Waals surface area contributed by atoms with Crippen molar-refractivity contribution in [1.29, 1.82) is 0 Å². The third-order valence-electron chi connectivity index (χ3n) is 6.49. The molecule has 0 radical (unpaired) electrons. The lowest BCUT2D eigenvalue weighted by atomic mass is 10.0. The van der Waals surface area contributed by atoms with Gasteiger partial charge in [-0.05, 0) is 62.6 Å². The minimum atomic E-state index is -3.59. The molecule has 3 aromatic rings. The summed E-state index contributed by atoms with van der Waals surface area (Å²) in [6.45, 7) is 6.56. The van der Waals surface area contributed by atoms with Crippen LogP contribution < -0.4 is 14.4 Å². The standard InChI is InChI=1S/C32H41N3O5S/c1-5-40-29-20-18-28(19-21-29)35(41(4,38)39)22-12-17-31(36)34(24-27-15-10-7-11-16-27)30(32(37)33-25(2)3)23-26-13-8-6-9-14-26/h6-11,13-16,18-21,25,30H,5,12,17,22-24H2,1-4H3,(H,33,37). The number of carbonyl (C=O) groups is 2. The van der Waals surface area contributed by atoms with Crippen LogP contribution in [0.3, 0.4) is 0 Å². The topological polar surface area (TPSA) is 96.0 Å². The number of ether oxygens (including phenoxy) is 1. The van der Waals surface area contributed by atoms with Gasteiger partial charge in [0.15, 0.2) is 0 Å². The minimum absolute atomic E-state index is 0.0795. The highest BCUT2D eigenvalue weighted by Crippen LogP contribution is 2.23. The number of hydrogen-bond donors (Lipinski definition) is 1. The molecule has 1 atom stereocenters. The van der Waals surface area contributed by atoms with Gasteiger partial charge in [-0.1, -0.05) is 60.7 Å². The fraction of sp³-hybridized carbons (Fsp3) is 0.375. The van der Waals surface area contributed by atoms with Gasteiger partial charge in [-0.25, -0.2) is 8.42 Å². The Morgan fingerprint density at radius 2 is 1.46 bits per heavy atom. The summed E-state index contributed by atoms with van der Waals surface area (Å²) in [6.07, 6.45) is 1.88. The van der Waals surface area contributed by atoms with E-state index in [-0.39, 0.29) is 43.8 Å². The van der Waals surface area contributed by atoms with Gasteiger partial charge in [0, 0.05) is 32.0 Å². The van der Waals surface area contributed by atoms with Crippen LogP contribution in [0.1, 0.15) is 44.7 Å². The summed E-state index contributed by atoms with van der Waals surface area (Å²) < 4.78 is 32.1. The Balaban J connectivity index is 1.83. The Morgan fingerprint density at radius 1 is 0.878 bits per heavy atom. The maximum atomic E-state index is 13.8. The predicted octanol–water partition coefficient (Wildman–Crippen LogP) is 4.80. The van der Waals surface area contributed by atoms with Crippen molar-refractivity contribution in [3.63, 3.8) is 0 Å². The lowest BCUT2D eigenvalue weighted by molar-refractivity contribution is -0.141. The first-order chi connectivity index (χ1) is 19.6. The van der Waals surface area contributed by atoms with Gasteiger partial charge in [-0.3, -0.25) is 13.9 Å². The second kappa shape index (κ2) is 15.2. The van der Waals surface area contributed by atoms with Crippen molar-refractivity contribution >= 4 is 27.5 Å². The third kappa shape index (κ3) is 9.93. The fourth-order valence-corrected chi connectivity index (χ4v) is 5.56. The Hall–Kier alpha value is -3.85. The predicted molar refractivity (Wildman–Crippen MR) is 163 cm³/mol. The molecule has 1 N–H and O–H groups in total. The van der Waals surface area contributed by atoms with Crippen LogP contribution in [0.4, 0.5) is 5.69 Å². The number of carbonyl (C=O) groups excluding carboxylic acids is 2. The lowest BCUT2D eigenvalue weighted by Crippen LogP contribution is -2.51. The van der Waals surface area contributed by atoms with E-state index in [0.29, 0.717) is 24.5 Å². The average molecular weight is 580 g/mol. The number of amides is 2. The lowest BCUT2D eigenvalue weighted by Gasteiger charge is -2.32. The van der Waals surface area contributed by atoms with Crippen LogP contribution in [0, 0.1) is 0 Å². The van der Waals surface area contributed by atoms with Gasteiger partial charge in [-0.2, -0.15) is 0 Å². The molecular weight excluding hydrogens is 538 g/mol. The number of benzene rings is 3. The van der Waals surface area contributed by atoms with Crippen LogP contribution in [0.2, 0.25) is 0 Å². The maximum absolute atomic E-state index is 13.8. The highest BCUT2D eigenvalue weighted by molar-refractivity contribution is 7.92. The zero-order valence-corrected chi connectivity index (χ0v) is 25.1. The second-order valence-corrected chi connectivity index (χ2v) is 12.1. The molecule has 0 saturated carbocycles. The average Bonchev–Trinajstić information content (AvgIpc) is 2.94. The molecule has 0 aliphatic carbocycles. The van der Waals surface area contributed by atoms with Gasteiger partial charge in [0.25, 0.3) is 0 Å². The molecule has 41 heavy (non-hydrogen) atoms. The zero-order chi connectivity index (χ0) is 29.8. The van der Waals surface area contributed by atoms with Crippen molar-refractivity contribution in [2.75, 3.05) is 23.7 Å². The van der Waals surface area contributed by atoms with Crippen molar-refractivity contribution in [2.24, 2.45) is 0 Å². The molecule has 3 rings (SSSR count). The summed E-state index contributed by atoms with van der Waals surface area (Å²) in [5.74, 6) is 0.217. The first-order valence-corrected chi connectivity index (χ1v) is 15.8. The van der Waals surface area contributed by atoms with Gasteiger partial charge >= 0.3 is 0 Å². The van der Waals surface area contributed by atoms with E-state index in [4.69, 9.17) is 4.74 Å². The summed E-state index contributed by atoms with van der Waals surface area (Å²) in [5.41, 5.74) is 2.35. The number of anilines is 1. The van der Waals surface area contributed by atoms with Gasteiger partial charge in [-0.15, -0.1) is 0 Å². The summed E-state index contributed by atoms with van der Waals surface area (Å²) in [5, 5.41) is 2.98. The molecule has 9 heteroatoms. The van der Waals surface area contributed by atoms with Crippen LogP contribution in [0.25, 0.3) is 0 Å². The first-order valence-electron chi connectivity index (χ1n) is 14.0. The molecule has 0 heterocycles. The first kappa shape index (κ1) is 31.7. The van der Waals surface area contributed by atoms with Gasteiger partial charge < -0.3 is 15.0 Å². The highest BCUT2D eigenvalue weighted by Gasteiger charge is 2.30. The Labute approximate surface area is 244 Å². The number of sulfonamides is 1. The second-order valence-electron chi connectivity index (χ2n) is 10.2. The Kier molecular flexibility index (Phi) is 11.8. The van der Waals surface area contributed by atoms with Gasteiger partial charge in [0.1, 0.15) is 11.8 Å². The highest BCUT2D eigenvalue weighted by atomic mass is 32.2. The zero-order valence-electron chi connectivity index (χ0n) is 24.3. The van der Waals surface area contributed by atoms with E-state index in [1.165, 1.54) is 4.31 Å².